The zero-order chi connectivity index (χ0) is 24.0. The second-order valence-electron chi connectivity index (χ2n) is 9.43. The lowest BCUT2D eigenvalue weighted by Crippen LogP contribution is -2.40. The van der Waals surface area contributed by atoms with Crippen LogP contribution in [0.4, 0.5) is 5.69 Å². The highest BCUT2D eigenvalue weighted by molar-refractivity contribution is 7.92. The van der Waals surface area contributed by atoms with Crippen LogP contribution in [0.1, 0.15) is 43.1 Å². The first-order valence-electron chi connectivity index (χ1n) is 10.8. The van der Waals surface area contributed by atoms with Gasteiger partial charge in [-0.3, -0.25) is 9.10 Å². The molecule has 0 heterocycles. The van der Waals surface area contributed by atoms with Gasteiger partial charge in [-0.25, -0.2) is 8.42 Å². The average molecular weight is 474 g/mol. The predicted molar refractivity (Wildman–Crippen MR) is 134 cm³/mol. The van der Waals surface area contributed by atoms with Crippen LogP contribution in [-0.4, -0.2) is 36.2 Å². The van der Waals surface area contributed by atoms with Crippen molar-refractivity contribution in [3.05, 3.63) is 71.8 Å². The van der Waals surface area contributed by atoms with E-state index in [1.165, 1.54) is 4.31 Å². The third-order valence-electron chi connectivity index (χ3n) is 5.89. The molecule has 0 unspecified atom stereocenters. The quantitative estimate of drug-likeness (QED) is 0.184. The molecular formula is C25H35NO4SSi. The molecule has 0 spiro atoms. The van der Waals surface area contributed by atoms with Crippen LogP contribution in [0.15, 0.2) is 65.6 Å². The van der Waals surface area contributed by atoms with Crippen molar-refractivity contribution >= 4 is 30.3 Å². The summed E-state index contributed by atoms with van der Waals surface area (Å²) in [6.07, 6.45) is 5.22. The summed E-state index contributed by atoms with van der Waals surface area (Å²) in [5.74, 6) is 0. The number of anilines is 1. The SMILES string of the molecule is Cc1ccc(S(=O)(=O)N(C/C=C/CCO[Si](C)(C)C(C)(C)C)c2cccc(C=O)c2)cc1. The van der Waals surface area contributed by atoms with Gasteiger partial charge in [0.25, 0.3) is 10.0 Å². The van der Waals surface area contributed by atoms with Crippen molar-refractivity contribution in [1.29, 1.82) is 0 Å². The summed E-state index contributed by atoms with van der Waals surface area (Å²) in [6.45, 7) is 13.7. The molecule has 0 aliphatic heterocycles. The number of nitrogens with zero attached hydrogens (tertiary/aromatic N) is 1. The molecule has 0 N–H and O–H groups in total. The number of sulfonamides is 1. The molecule has 0 atom stereocenters. The number of hydrogen-bond acceptors (Lipinski definition) is 4. The van der Waals surface area contributed by atoms with E-state index in [4.69, 9.17) is 4.43 Å². The first kappa shape index (κ1) is 26.0. The third-order valence-corrected chi connectivity index (χ3v) is 12.2. The molecule has 0 radical (unpaired) electrons. The highest BCUT2D eigenvalue weighted by Gasteiger charge is 2.36. The van der Waals surface area contributed by atoms with Gasteiger partial charge in [-0.15, -0.1) is 0 Å². The number of hydrogen-bond donors (Lipinski definition) is 0. The summed E-state index contributed by atoms with van der Waals surface area (Å²) in [5.41, 5.74) is 1.87. The molecule has 2 aromatic rings. The first-order chi connectivity index (χ1) is 14.9. The Balaban J connectivity index is 2.20. The van der Waals surface area contributed by atoms with Crippen LogP contribution in [-0.2, 0) is 14.4 Å². The van der Waals surface area contributed by atoms with Crippen LogP contribution < -0.4 is 4.31 Å². The zero-order valence-electron chi connectivity index (χ0n) is 20.0. The van der Waals surface area contributed by atoms with Gasteiger partial charge < -0.3 is 4.43 Å². The van der Waals surface area contributed by atoms with Crippen molar-refractivity contribution < 1.29 is 17.6 Å². The van der Waals surface area contributed by atoms with Gasteiger partial charge in [-0.1, -0.05) is 62.8 Å². The second-order valence-corrected chi connectivity index (χ2v) is 16.1. The summed E-state index contributed by atoms with van der Waals surface area (Å²) in [5, 5.41) is 0.152. The van der Waals surface area contributed by atoms with Crippen molar-refractivity contribution in [2.45, 2.75) is 57.1 Å². The Morgan fingerprint density at radius 3 is 2.28 bits per heavy atom. The van der Waals surface area contributed by atoms with Gasteiger partial charge in [-0.2, -0.15) is 0 Å². The Labute approximate surface area is 194 Å². The molecule has 0 saturated heterocycles. The summed E-state index contributed by atoms with van der Waals surface area (Å²) in [6, 6.07) is 13.4. The molecule has 5 nitrogen and oxygen atoms in total. The van der Waals surface area contributed by atoms with Crippen LogP contribution in [0.5, 0.6) is 0 Å². The number of carbonyl (C=O) groups is 1. The highest BCUT2D eigenvalue weighted by Crippen LogP contribution is 2.36. The molecule has 174 valence electrons. The van der Waals surface area contributed by atoms with Gasteiger partial charge in [-0.05, 0) is 55.7 Å². The fourth-order valence-electron chi connectivity index (χ4n) is 2.82. The van der Waals surface area contributed by atoms with E-state index < -0.39 is 18.3 Å². The lowest BCUT2D eigenvalue weighted by Gasteiger charge is -2.36. The number of aldehydes is 1. The molecular weight excluding hydrogens is 438 g/mol. The summed E-state index contributed by atoms with van der Waals surface area (Å²) >= 11 is 0. The van der Waals surface area contributed by atoms with Crippen LogP contribution in [0.2, 0.25) is 18.1 Å². The molecule has 2 aromatic carbocycles. The van der Waals surface area contributed by atoms with Crippen LogP contribution in [0.25, 0.3) is 0 Å². The Bertz CT molecular complexity index is 1040. The molecule has 32 heavy (non-hydrogen) atoms. The zero-order valence-corrected chi connectivity index (χ0v) is 21.8. The largest absolute Gasteiger partial charge is 0.417 e. The summed E-state index contributed by atoms with van der Waals surface area (Å²) in [7, 11) is -5.59. The molecule has 0 saturated carbocycles. The van der Waals surface area contributed by atoms with Crippen molar-refractivity contribution in [3.63, 3.8) is 0 Å². The first-order valence-corrected chi connectivity index (χ1v) is 15.2. The minimum Gasteiger partial charge on any atom is -0.417 e. The third kappa shape index (κ3) is 6.64. The van der Waals surface area contributed by atoms with E-state index >= 15 is 0 Å². The Hall–Kier alpha value is -2.22. The van der Waals surface area contributed by atoms with E-state index in [1.807, 2.05) is 19.1 Å². The Morgan fingerprint density at radius 2 is 1.69 bits per heavy atom. The molecule has 2 rings (SSSR count). The number of rotatable bonds is 10. The maximum atomic E-state index is 13.4. The number of aryl methyl sites for hydroxylation is 1. The van der Waals surface area contributed by atoms with E-state index in [2.05, 4.69) is 33.9 Å². The Kier molecular flexibility index (Phi) is 8.62. The lowest BCUT2D eigenvalue weighted by molar-refractivity contribution is 0.112. The highest BCUT2D eigenvalue weighted by atomic mass is 32.2. The molecule has 0 fully saturated rings. The van der Waals surface area contributed by atoms with Gasteiger partial charge in [0.05, 0.1) is 17.1 Å². The predicted octanol–water partition coefficient (Wildman–Crippen LogP) is 5.97. The summed E-state index contributed by atoms with van der Waals surface area (Å²) in [4.78, 5) is 11.4. The van der Waals surface area contributed by atoms with Crippen molar-refractivity contribution in [3.8, 4) is 0 Å². The summed E-state index contributed by atoms with van der Waals surface area (Å²) < 4.78 is 34.3. The number of carbonyl (C=O) groups excluding carboxylic acids is 1. The van der Waals surface area contributed by atoms with Crippen molar-refractivity contribution in [2.24, 2.45) is 0 Å². The van der Waals surface area contributed by atoms with Gasteiger partial charge in [0, 0.05) is 12.2 Å². The van der Waals surface area contributed by atoms with E-state index in [9.17, 15) is 13.2 Å². The Morgan fingerprint density at radius 1 is 1.03 bits per heavy atom. The minimum absolute atomic E-state index is 0.152. The van der Waals surface area contributed by atoms with Gasteiger partial charge in [0.2, 0.25) is 0 Å². The molecule has 0 aliphatic rings. The normalized spacial score (nSPS) is 12.8. The second kappa shape index (κ2) is 10.6. The van der Waals surface area contributed by atoms with Gasteiger partial charge >= 0.3 is 0 Å². The van der Waals surface area contributed by atoms with Gasteiger partial charge in [0.15, 0.2) is 8.32 Å². The maximum absolute atomic E-state index is 13.4. The van der Waals surface area contributed by atoms with E-state index in [1.54, 1.807) is 48.5 Å². The topological polar surface area (TPSA) is 63.7 Å². The van der Waals surface area contributed by atoms with E-state index in [0.717, 1.165) is 5.56 Å². The fraction of sp³-hybridized carbons (Fsp3) is 0.400. The molecule has 7 heteroatoms. The van der Waals surface area contributed by atoms with Crippen LogP contribution >= 0.6 is 0 Å². The van der Waals surface area contributed by atoms with Gasteiger partial charge in [0.1, 0.15) is 6.29 Å². The standard InChI is InChI=1S/C25H35NO4SSi/c1-21-13-15-24(16-14-21)31(28,29)26(23-12-10-11-22(19-23)20-27)17-8-7-9-18-30-32(5,6)25(2,3)4/h7-8,10-16,19-20H,9,17-18H2,1-6H3/b8-7+. The lowest BCUT2D eigenvalue weighted by atomic mass is 10.2. The molecule has 0 aliphatic carbocycles. The van der Waals surface area contributed by atoms with Crippen LogP contribution in [0.3, 0.4) is 0 Å². The average Bonchev–Trinajstić information content (AvgIpc) is 2.72. The van der Waals surface area contributed by atoms with E-state index in [-0.39, 0.29) is 16.5 Å². The minimum atomic E-state index is -3.79. The van der Waals surface area contributed by atoms with Crippen molar-refractivity contribution in [1.82, 2.24) is 0 Å². The monoisotopic (exact) mass is 473 g/mol. The maximum Gasteiger partial charge on any atom is 0.264 e. The van der Waals surface area contributed by atoms with Crippen LogP contribution in [0, 0.1) is 6.92 Å². The molecule has 0 bridgehead atoms. The van der Waals surface area contributed by atoms with Crippen molar-refractivity contribution in [2.75, 3.05) is 17.5 Å². The van der Waals surface area contributed by atoms with E-state index in [0.29, 0.717) is 30.6 Å². The molecule has 0 aromatic heterocycles. The smallest absolute Gasteiger partial charge is 0.264 e. The molecule has 0 amide bonds. The number of benzene rings is 2. The fourth-order valence-corrected chi connectivity index (χ4v) is 5.29.